The molecule has 0 spiro atoms. The molecule has 92 valence electrons. The molecule has 0 aromatic carbocycles. The van der Waals surface area contributed by atoms with Gasteiger partial charge in [0.25, 0.3) is 0 Å². The number of rotatable bonds is 5. The van der Waals surface area contributed by atoms with Gasteiger partial charge in [0.05, 0.1) is 10.9 Å². The van der Waals surface area contributed by atoms with Crippen molar-refractivity contribution in [2.45, 2.75) is 18.6 Å². The van der Waals surface area contributed by atoms with Crippen LogP contribution in [-0.4, -0.2) is 39.9 Å². The van der Waals surface area contributed by atoms with Gasteiger partial charge in [-0.25, -0.2) is 0 Å². The Morgan fingerprint density at radius 1 is 1.62 bits per heavy atom. The smallest absolute Gasteiger partial charge is 0.229 e. The summed E-state index contributed by atoms with van der Waals surface area (Å²) in [5, 5.41) is 3.48. The van der Waals surface area contributed by atoms with E-state index in [1.54, 1.807) is 0 Å². The van der Waals surface area contributed by atoms with Gasteiger partial charge in [0, 0.05) is 29.1 Å². The van der Waals surface area contributed by atoms with Crippen molar-refractivity contribution in [1.29, 1.82) is 0 Å². The van der Waals surface area contributed by atoms with Crippen LogP contribution in [0.25, 0.3) is 0 Å². The number of carbonyl (C=O) groups excluding carboxylic acids is 1. The highest BCUT2D eigenvalue weighted by Crippen LogP contribution is 2.23. The van der Waals surface area contributed by atoms with Gasteiger partial charge < -0.3 is 11.1 Å². The molecule has 1 fully saturated rings. The molecule has 1 heterocycles. The fourth-order valence-corrected chi connectivity index (χ4v) is 4.39. The number of thiocarbonyl (C=S) groups is 1. The van der Waals surface area contributed by atoms with E-state index in [9.17, 15) is 4.79 Å². The summed E-state index contributed by atoms with van der Waals surface area (Å²) >= 11 is 8.76. The standard InChI is InChI=1S/C10H18N2OS3/c1-2-8(9(11)14)10(13)12-5-7-6-15-3-4-16-7/h7-8H,2-6H2,1H3,(H2,11,14)(H,12,13). The Balaban J connectivity index is 2.30. The molecule has 2 atom stereocenters. The van der Waals surface area contributed by atoms with Crippen molar-refractivity contribution in [2.75, 3.05) is 23.8 Å². The molecule has 1 saturated heterocycles. The maximum absolute atomic E-state index is 11.8. The predicted octanol–water partition coefficient (Wildman–Crippen LogP) is 1.26. The van der Waals surface area contributed by atoms with Crippen LogP contribution in [0, 0.1) is 5.92 Å². The fourth-order valence-electron chi connectivity index (χ4n) is 1.51. The Kier molecular flexibility index (Phi) is 6.53. The van der Waals surface area contributed by atoms with Gasteiger partial charge in [-0.1, -0.05) is 19.1 Å². The number of hydrogen-bond acceptors (Lipinski definition) is 4. The molecule has 1 rings (SSSR count). The van der Waals surface area contributed by atoms with Crippen LogP contribution in [0.3, 0.4) is 0 Å². The second-order valence-corrected chi connectivity index (χ2v) is 6.71. The van der Waals surface area contributed by atoms with Crippen molar-refractivity contribution < 1.29 is 4.79 Å². The van der Waals surface area contributed by atoms with Gasteiger partial charge >= 0.3 is 0 Å². The van der Waals surface area contributed by atoms with Crippen LogP contribution in [-0.2, 0) is 4.79 Å². The van der Waals surface area contributed by atoms with E-state index < -0.39 is 0 Å². The highest BCUT2D eigenvalue weighted by atomic mass is 32.2. The van der Waals surface area contributed by atoms with Gasteiger partial charge in [-0.15, -0.1) is 0 Å². The minimum atomic E-state index is -0.309. The number of amides is 1. The van der Waals surface area contributed by atoms with E-state index in [1.165, 1.54) is 11.5 Å². The lowest BCUT2D eigenvalue weighted by Gasteiger charge is -2.22. The zero-order chi connectivity index (χ0) is 12.0. The molecule has 3 N–H and O–H groups in total. The first-order valence-corrected chi connectivity index (χ1v) is 8.02. The summed E-state index contributed by atoms with van der Waals surface area (Å²) < 4.78 is 0. The highest BCUT2D eigenvalue weighted by Gasteiger charge is 2.21. The van der Waals surface area contributed by atoms with E-state index in [4.69, 9.17) is 18.0 Å². The largest absolute Gasteiger partial charge is 0.393 e. The minimum Gasteiger partial charge on any atom is -0.393 e. The first-order chi connectivity index (χ1) is 7.65. The van der Waals surface area contributed by atoms with E-state index in [-0.39, 0.29) is 11.8 Å². The van der Waals surface area contributed by atoms with E-state index in [1.807, 2.05) is 30.4 Å². The maximum atomic E-state index is 11.8. The molecular formula is C10H18N2OS3. The second kappa shape index (κ2) is 7.40. The molecule has 1 amide bonds. The maximum Gasteiger partial charge on any atom is 0.229 e. The third-order valence-electron chi connectivity index (χ3n) is 2.46. The van der Waals surface area contributed by atoms with Gasteiger partial charge in [0.1, 0.15) is 0 Å². The number of hydrogen-bond donors (Lipinski definition) is 2. The highest BCUT2D eigenvalue weighted by molar-refractivity contribution is 8.06. The molecule has 1 aliphatic heterocycles. The molecule has 0 bridgehead atoms. The quantitative estimate of drug-likeness (QED) is 0.742. The molecule has 3 nitrogen and oxygen atoms in total. The molecule has 0 saturated carbocycles. The molecule has 0 aromatic heterocycles. The topological polar surface area (TPSA) is 55.1 Å². The van der Waals surface area contributed by atoms with Crippen LogP contribution in [0.1, 0.15) is 13.3 Å². The molecule has 0 radical (unpaired) electrons. The van der Waals surface area contributed by atoms with Gasteiger partial charge in [0.2, 0.25) is 5.91 Å². The molecule has 0 aromatic rings. The van der Waals surface area contributed by atoms with E-state index in [2.05, 4.69) is 5.32 Å². The average Bonchev–Trinajstić information content (AvgIpc) is 2.28. The van der Waals surface area contributed by atoms with E-state index >= 15 is 0 Å². The number of nitrogens with one attached hydrogen (secondary N) is 1. The van der Waals surface area contributed by atoms with Crippen molar-refractivity contribution in [3.63, 3.8) is 0 Å². The summed E-state index contributed by atoms with van der Waals surface area (Å²) in [6.07, 6.45) is 0.674. The first kappa shape index (κ1) is 14.1. The fraction of sp³-hybridized carbons (Fsp3) is 0.800. The summed E-state index contributed by atoms with van der Waals surface area (Å²) in [5.41, 5.74) is 5.52. The summed E-state index contributed by atoms with van der Waals surface area (Å²) in [5.74, 6) is 3.19. The zero-order valence-corrected chi connectivity index (χ0v) is 11.9. The first-order valence-electron chi connectivity index (χ1n) is 5.41. The van der Waals surface area contributed by atoms with Crippen LogP contribution in [0.5, 0.6) is 0 Å². The summed E-state index contributed by atoms with van der Waals surface area (Å²) in [7, 11) is 0. The Morgan fingerprint density at radius 2 is 2.38 bits per heavy atom. The lowest BCUT2D eigenvalue weighted by molar-refractivity contribution is -0.123. The SMILES string of the molecule is CCC(C(=O)NCC1CSCCS1)C(N)=S. The van der Waals surface area contributed by atoms with Crippen LogP contribution < -0.4 is 11.1 Å². The zero-order valence-electron chi connectivity index (χ0n) is 9.40. The number of carbonyl (C=O) groups is 1. The van der Waals surface area contributed by atoms with Crippen LogP contribution in [0.2, 0.25) is 0 Å². The van der Waals surface area contributed by atoms with Crippen LogP contribution in [0.4, 0.5) is 0 Å². The molecule has 6 heteroatoms. The monoisotopic (exact) mass is 278 g/mol. The summed E-state index contributed by atoms with van der Waals surface area (Å²) in [6, 6.07) is 0. The van der Waals surface area contributed by atoms with Crippen molar-refractivity contribution >= 4 is 46.6 Å². The number of nitrogens with two attached hydrogens (primary N) is 1. The van der Waals surface area contributed by atoms with Crippen molar-refractivity contribution in [2.24, 2.45) is 11.7 Å². The molecule has 1 aliphatic rings. The van der Waals surface area contributed by atoms with Crippen molar-refractivity contribution in [3.8, 4) is 0 Å². The van der Waals surface area contributed by atoms with Gasteiger partial charge in [-0.05, 0) is 6.42 Å². The van der Waals surface area contributed by atoms with Crippen molar-refractivity contribution in [1.82, 2.24) is 5.32 Å². The third-order valence-corrected chi connectivity index (χ3v) is 5.59. The van der Waals surface area contributed by atoms with E-state index in [0.29, 0.717) is 16.7 Å². The third kappa shape index (κ3) is 4.51. The Bertz CT molecular complexity index is 254. The van der Waals surface area contributed by atoms with Gasteiger partial charge in [-0.2, -0.15) is 23.5 Å². The number of thioether (sulfide) groups is 2. The molecule has 2 unspecified atom stereocenters. The lowest BCUT2D eigenvalue weighted by Crippen LogP contribution is -2.41. The predicted molar refractivity (Wildman–Crippen MR) is 77.1 cm³/mol. The van der Waals surface area contributed by atoms with Crippen LogP contribution >= 0.6 is 35.7 Å². The summed E-state index contributed by atoms with van der Waals surface area (Å²) in [6.45, 7) is 2.66. The Labute approximate surface area is 111 Å². The van der Waals surface area contributed by atoms with Gasteiger partial charge in [-0.3, -0.25) is 4.79 Å². The van der Waals surface area contributed by atoms with Crippen molar-refractivity contribution in [3.05, 3.63) is 0 Å². The van der Waals surface area contributed by atoms with Crippen LogP contribution in [0.15, 0.2) is 0 Å². The molecule has 16 heavy (non-hydrogen) atoms. The lowest BCUT2D eigenvalue weighted by atomic mass is 10.1. The minimum absolute atomic E-state index is 0.0221. The average molecular weight is 278 g/mol. The van der Waals surface area contributed by atoms with Gasteiger partial charge in [0.15, 0.2) is 0 Å². The Hall–Kier alpha value is 0.0600. The molecule has 0 aliphatic carbocycles. The normalized spacial score (nSPS) is 22.4. The van der Waals surface area contributed by atoms with E-state index in [0.717, 1.165) is 12.3 Å². The molecular weight excluding hydrogens is 260 g/mol. The summed E-state index contributed by atoms with van der Waals surface area (Å²) in [4.78, 5) is 12.1. The second-order valence-electron chi connectivity index (χ2n) is 3.68. The Morgan fingerprint density at radius 3 is 2.88 bits per heavy atom.